The molecular weight excluding hydrogens is 326 g/mol. The number of benzene rings is 2. The second kappa shape index (κ2) is 5.27. The van der Waals surface area contributed by atoms with Crippen molar-refractivity contribution in [2.45, 2.75) is 23.8 Å². The first-order valence-corrected chi connectivity index (χ1v) is 9.45. The lowest BCUT2D eigenvalue weighted by Crippen LogP contribution is -2.42. The zero-order valence-corrected chi connectivity index (χ0v) is 14.2. The van der Waals surface area contributed by atoms with E-state index in [1.54, 1.807) is 42.3 Å². The van der Waals surface area contributed by atoms with Crippen LogP contribution in [0.25, 0.3) is 10.8 Å². The van der Waals surface area contributed by atoms with E-state index in [4.69, 9.17) is 5.73 Å². The third-order valence-electron chi connectivity index (χ3n) is 4.99. The van der Waals surface area contributed by atoms with Crippen LogP contribution in [0.15, 0.2) is 35.2 Å². The molecule has 126 valence electrons. The Hall–Kier alpha value is -1.96. The maximum atomic E-state index is 13.1. The van der Waals surface area contributed by atoms with Gasteiger partial charge in [-0.05, 0) is 31.0 Å². The number of piperidine rings is 1. The van der Waals surface area contributed by atoms with Crippen LogP contribution < -0.4 is 10.6 Å². The highest BCUT2D eigenvalue weighted by Crippen LogP contribution is 2.40. The Morgan fingerprint density at radius 2 is 1.83 bits per heavy atom. The standard InChI is InChI=1S/C17H19N3O3S/c1-19-14-5-6-15(12-3-2-4-13(16(12)14)17(19)21)24(22,23)20-9-7-11(18)8-10-20/h2-6,11H,7-10,18H2,1H3. The number of amides is 1. The number of carbonyl (C=O) groups is 1. The molecule has 2 aromatic carbocycles. The quantitative estimate of drug-likeness (QED) is 0.895. The topological polar surface area (TPSA) is 83.7 Å². The molecule has 2 aliphatic heterocycles. The van der Waals surface area contributed by atoms with Crippen molar-refractivity contribution in [1.82, 2.24) is 4.31 Å². The predicted octanol–water partition coefficient (Wildman–Crippen LogP) is 1.54. The summed E-state index contributed by atoms with van der Waals surface area (Å²) in [5.74, 6) is -0.103. The highest BCUT2D eigenvalue weighted by atomic mass is 32.2. The molecular formula is C17H19N3O3S. The largest absolute Gasteiger partial charge is 0.328 e. The summed E-state index contributed by atoms with van der Waals surface area (Å²) in [7, 11) is -1.90. The zero-order chi connectivity index (χ0) is 17.1. The van der Waals surface area contributed by atoms with Gasteiger partial charge in [0.05, 0.1) is 10.6 Å². The molecule has 0 spiro atoms. The van der Waals surface area contributed by atoms with E-state index >= 15 is 0 Å². The van der Waals surface area contributed by atoms with Gasteiger partial charge in [0.25, 0.3) is 5.91 Å². The first-order chi connectivity index (χ1) is 11.4. The summed E-state index contributed by atoms with van der Waals surface area (Å²) in [6.45, 7) is 0.872. The van der Waals surface area contributed by atoms with Crippen LogP contribution in [0, 0.1) is 0 Å². The lowest BCUT2D eigenvalue weighted by Gasteiger charge is -2.29. The summed E-state index contributed by atoms with van der Waals surface area (Å²) in [6, 6.07) is 8.66. The average molecular weight is 345 g/mol. The molecule has 2 heterocycles. The van der Waals surface area contributed by atoms with Gasteiger partial charge in [0.15, 0.2) is 0 Å². The van der Waals surface area contributed by atoms with Crippen LogP contribution >= 0.6 is 0 Å². The molecule has 0 radical (unpaired) electrons. The highest BCUT2D eigenvalue weighted by molar-refractivity contribution is 7.89. The fourth-order valence-electron chi connectivity index (χ4n) is 3.59. The van der Waals surface area contributed by atoms with Crippen LogP contribution in [0.3, 0.4) is 0 Å². The van der Waals surface area contributed by atoms with E-state index in [-0.39, 0.29) is 16.8 Å². The van der Waals surface area contributed by atoms with Gasteiger partial charge >= 0.3 is 0 Å². The summed E-state index contributed by atoms with van der Waals surface area (Å²) >= 11 is 0. The van der Waals surface area contributed by atoms with E-state index in [9.17, 15) is 13.2 Å². The predicted molar refractivity (Wildman–Crippen MR) is 92.6 cm³/mol. The second-order valence-corrected chi connectivity index (χ2v) is 8.32. The van der Waals surface area contributed by atoms with E-state index in [1.807, 2.05) is 0 Å². The van der Waals surface area contributed by atoms with Crippen molar-refractivity contribution in [2.75, 3.05) is 25.0 Å². The minimum absolute atomic E-state index is 0.0653. The molecule has 0 saturated carbocycles. The lowest BCUT2D eigenvalue weighted by molar-refractivity contribution is 0.0999. The maximum Gasteiger partial charge on any atom is 0.258 e. The normalized spacial score (nSPS) is 19.4. The molecule has 24 heavy (non-hydrogen) atoms. The van der Waals surface area contributed by atoms with Crippen LogP contribution in [0.5, 0.6) is 0 Å². The average Bonchev–Trinajstić information content (AvgIpc) is 2.82. The number of anilines is 1. The molecule has 1 amide bonds. The number of nitrogens with zero attached hydrogens (tertiary/aromatic N) is 2. The molecule has 0 atom stereocenters. The first-order valence-electron chi connectivity index (χ1n) is 8.01. The van der Waals surface area contributed by atoms with Gasteiger partial charge in [0, 0.05) is 42.5 Å². The molecule has 0 aromatic heterocycles. The Bertz CT molecular complexity index is 947. The van der Waals surface area contributed by atoms with Crippen molar-refractivity contribution in [2.24, 2.45) is 5.73 Å². The number of nitrogens with two attached hydrogens (primary N) is 1. The Labute approximate surface area is 140 Å². The van der Waals surface area contributed by atoms with Gasteiger partial charge in [-0.2, -0.15) is 4.31 Å². The van der Waals surface area contributed by atoms with Crippen molar-refractivity contribution < 1.29 is 13.2 Å². The van der Waals surface area contributed by atoms with Gasteiger partial charge in [0.2, 0.25) is 10.0 Å². The lowest BCUT2D eigenvalue weighted by atomic mass is 10.1. The molecule has 0 aliphatic carbocycles. The van der Waals surface area contributed by atoms with Crippen LogP contribution in [0.4, 0.5) is 5.69 Å². The Balaban J connectivity index is 1.89. The summed E-state index contributed by atoms with van der Waals surface area (Å²) < 4.78 is 27.7. The smallest absolute Gasteiger partial charge is 0.258 e. The van der Waals surface area contributed by atoms with Crippen LogP contribution in [-0.4, -0.2) is 44.8 Å². The minimum atomic E-state index is -3.60. The van der Waals surface area contributed by atoms with Crippen LogP contribution in [0.1, 0.15) is 23.2 Å². The molecule has 6 nitrogen and oxygen atoms in total. The zero-order valence-electron chi connectivity index (χ0n) is 13.4. The van der Waals surface area contributed by atoms with Crippen LogP contribution in [-0.2, 0) is 10.0 Å². The van der Waals surface area contributed by atoms with Gasteiger partial charge < -0.3 is 10.6 Å². The van der Waals surface area contributed by atoms with E-state index in [1.165, 1.54) is 4.31 Å². The number of rotatable bonds is 2. The van der Waals surface area contributed by atoms with Crippen molar-refractivity contribution in [3.8, 4) is 0 Å². The monoisotopic (exact) mass is 345 g/mol. The minimum Gasteiger partial charge on any atom is -0.328 e. The maximum absolute atomic E-state index is 13.1. The SMILES string of the molecule is CN1C(=O)c2cccc3c(S(=O)(=O)N4CCC(N)CC4)ccc1c23. The Morgan fingerprint density at radius 3 is 2.54 bits per heavy atom. The molecule has 4 rings (SSSR count). The fraction of sp³-hybridized carbons (Fsp3) is 0.353. The van der Waals surface area contributed by atoms with Gasteiger partial charge in [-0.1, -0.05) is 12.1 Å². The van der Waals surface area contributed by atoms with E-state index in [0.717, 1.165) is 11.1 Å². The van der Waals surface area contributed by atoms with Crippen molar-refractivity contribution in [1.29, 1.82) is 0 Å². The summed E-state index contributed by atoms with van der Waals surface area (Å²) in [6.07, 6.45) is 1.34. The molecule has 2 aliphatic rings. The molecule has 7 heteroatoms. The Kier molecular flexibility index (Phi) is 3.42. The van der Waals surface area contributed by atoms with Crippen molar-refractivity contribution in [3.63, 3.8) is 0 Å². The molecule has 2 N–H and O–H groups in total. The second-order valence-electron chi connectivity index (χ2n) is 6.42. The van der Waals surface area contributed by atoms with Gasteiger partial charge in [-0.15, -0.1) is 0 Å². The summed E-state index contributed by atoms with van der Waals surface area (Å²) in [5, 5.41) is 1.33. The Morgan fingerprint density at radius 1 is 1.12 bits per heavy atom. The fourth-order valence-corrected chi connectivity index (χ4v) is 5.25. The van der Waals surface area contributed by atoms with Gasteiger partial charge in [-0.3, -0.25) is 4.79 Å². The van der Waals surface area contributed by atoms with Crippen molar-refractivity contribution in [3.05, 3.63) is 35.9 Å². The molecule has 2 aromatic rings. The molecule has 1 saturated heterocycles. The summed E-state index contributed by atoms with van der Waals surface area (Å²) in [5.41, 5.74) is 7.20. The van der Waals surface area contributed by atoms with Gasteiger partial charge in [-0.25, -0.2) is 8.42 Å². The summed E-state index contributed by atoms with van der Waals surface area (Å²) in [4.78, 5) is 14.2. The third kappa shape index (κ3) is 2.08. The third-order valence-corrected chi connectivity index (χ3v) is 6.95. The van der Waals surface area contributed by atoms with Crippen molar-refractivity contribution >= 4 is 32.4 Å². The number of hydrogen-bond acceptors (Lipinski definition) is 4. The number of carbonyl (C=O) groups excluding carboxylic acids is 1. The highest BCUT2D eigenvalue weighted by Gasteiger charge is 2.33. The first kappa shape index (κ1) is 15.6. The molecule has 0 unspecified atom stereocenters. The number of sulfonamides is 1. The number of hydrogen-bond donors (Lipinski definition) is 1. The van der Waals surface area contributed by atoms with Gasteiger partial charge in [0.1, 0.15) is 0 Å². The molecule has 1 fully saturated rings. The molecule has 0 bridgehead atoms. The van der Waals surface area contributed by atoms with E-state index in [2.05, 4.69) is 0 Å². The van der Waals surface area contributed by atoms with E-state index in [0.29, 0.717) is 36.9 Å². The van der Waals surface area contributed by atoms with Crippen LogP contribution in [0.2, 0.25) is 0 Å². The van der Waals surface area contributed by atoms with E-state index < -0.39 is 10.0 Å².